The Morgan fingerprint density at radius 1 is 1.13 bits per heavy atom. The van der Waals surface area contributed by atoms with Crippen LogP contribution in [-0.2, 0) is 0 Å². The van der Waals surface area contributed by atoms with Gasteiger partial charge in [-0.1, -0.05) is 18.2 Å². The Balaban J connectivity index is 1.94. The van der Waals surface area contributed by atoms with E-state index in [1.807, 2.05) is 19.1 Å². The number of ether oxygens (including phenoxy) is 1. The molecule has 0 radical (unpaired) electrons. The van der Waals surface area contributed by atoms with Crippen LogP contribution < -0.4 is 15.7 Å². The summed E-state index contributed by atoms with van der Waals surface area (Å²) in [6.45, 7) is 1.85. The maximum Gasteiger partial charge on any atom is 0.349 e. The van der Waals surface area contributed by atoms with E-state index in [1.165, 1.54) is 0 Å². The molecule has 2 aromatic carbocycles. The summed E-state index contributed by atoms with van der Waals surface area (Å²) in [6.07, 6.45) is 0. The van der Waals surface area contributed by atoms with Crippen molar-refractivity contribution in [2.75, 3.05) is 12.4 Å². The normalized spacial score (nSPS) is 10.5. The van der Waals surface area contributed by atoms with Crippen LogP contribution in [-0.4, -0.2) is 13.0 Å². The molecule has 0 aliphatic carbocycles. The Hall–Kier alpha value is -3.08. The Kier molecular flexibility index (Phi) is 3.85. The predicted molar refractivity (Wildman–Crippen MR) is 88.2 cm³/mol. The van der Waals surface area contributed by atoms with Gasteiger partial charge in [-0.05, 0) is 42.8 Å². The molecule has 1 heterocycles. The number of rotatable bonds is 3. The molecule has 0 aliphatic heterocycles. The van der Waals surface area contributed by atoms with E-state index in [4.69, 9.17) is 9.15 Å². The predicted octanol–water partition coefficient (Wildman–Crippen LogP) is 3.36. The molecule has 23 heavy (non-hydrogen) atoms. The molecule has 0 saturated heterocycles. The molecular weight excluding hydrogens is 294 g/mol. The third-order valence-electron chi connectivity index (χ3n) is 3.55. The Labute approximate surface area is 132 Å². The van der Waals surface area contributed by atoms with Gasteiger partial charge in [0.2, 0.25) is 0 Å². The number of anilines is 1. The van der Waals surface area contributed by atoms with Crippen molar-refractivity contribution in [3.8, 4) is 5.75 Å². The zero-order valence-electron chi connectivity index (χ0n) is 12.8. The molecule has 0 saturated carbocycles. The van der Waals surface area contributed by atoms with Gasteiger partial charge in [0.15, 0.2) is 0 Å². The van der Waals surface area contributed by atoms with Gasteiger partial charge >= 0.3 is 5.63 Å². The van der Waals surface area contributed by atoms with Crippen molar-refractivity contribution in [1.82, 2.24) is 0 Å². The minimum absolute atomic E-state index is 0.0288. The Morgan fingerprint density at radius 3 is 2.57 bits per heavy atom. The number of para-hydroxylation sites is 1. The molecule has 0 atom stereocenters. The maximum atomic E-state index is 12.3. The van der Waals surface area contributed by atoms with Crippen molar-refractivity contribution in [3.05, 3.63) is 70.1 Å². The molecule has 0 spiro atoms. The third kappa shape index (κ3) is 2.94. The number of nitrogens with one attached hydrogen (secondary N) is 1. The van der Waals surface area contributed by atoms with Crippen LogP contribution in [0, 0.1) is 6.92 Å². The summed E-state index contributed by atoms with van der Waals surface area (Å²) in [5.74, 6) is 0.177. The Bertz CT molecular complexity index is 926. The number of hydrogen-bond donors (Lipinski definition) is 1. The van der Waals surface area contributed by atoms with Gasteiger partial charge in [0.1, 0.15) is 16.9 Å². The van der Waals surface area contributed by atoms with E-state index >= 15 is 0 Å². The lowest BCUT2D eigenvalue weighted by atomic mass is 10.1. The first-order valence-electron chi connectivity index (χ1n) is 7.07. The fourth-order valence-corrected chi connectivity index (χ4v) is 2.32. The van der Waals surface area contributed by atoms with Crippen LogP contribution in [0.25, 0.3) is 11.0 Å². The number of hydrogen-bond acceptors (Lipinski definition) is 4. The molecule has 0 fully saturated rings. The van der Waals surface area contributed by atoms with E-state index in [9.17, 15) is 9.59 Å². The summed E-state index contributed by atoms with van der Waals surface area (Å²) in [5.41, 5.74) is 1.23. The molecule has 1 aromatic heterocycles. The van der Waals surface area contributed by atoms with E-state index in [2.05, 4.69) is 5.32 Å². The lowest BCUT2D eigenvalue weighted by Crippen LogP contribution is -2.20. The van der Waals surface area contributed by atoms with Crippen LogP contribution in [0.3, 0.4) is 0 Å². The van der Waals surface area contributed by atoms with Crippen molar-refractivity contribution in [3.63, 3.8) is 0 Å². The Morgan fingerprint density at radius 2 is 1.87 bits per heavy atom. The van der Waals surface area contributed by atoms with Crippen LogP contribution in [0.1, 0.15) is 15.9 Å². The van der Waals surface area contributed by atoms with Crippen LogP contribution in [0.5, 0.6) is 5.75 Å². The van der Waals surface area contributed by atoms with Gasteiger partial charge in [0.25, 0.3) is 5.91 Å². The fourth-order valence-electron chi connectivity index (χ4n) is 2.32. The van der Waals surface area contributed by atoms with Crippen molar-refractivity contribution < 1.29 is 13.9 Å². The molecule has 0 unspecified atom stereocenters. The highest BCUT2D eigenvalue weighted by molar-refractivity contribution is 6.05. The number of aryl methyl sites for hydroxylation is 1. The lowest BCUT2D eigenvalue weighted by molar-refractivity contribution is 0.102. The second kappa shape index (κ2) is 5.96. The van der Waals surface area contributed by atoms with E-state index in [0.717, 1.165) is 5.56 Å². The minimum Gasteiger partial charge on any atom is -0.497 e. The summed E-state index contributed by atoms with van der Waals surface area (Å²) < 4.78 is 10.3. The van der Waals surface area contributed by atoms with Gasteiger partial charge in [0, 0.05) is 11.1 Å². The smallest absolute Gasteiger partial charge is 0.349 e. The summed E-state index contributed by atoms with van der Waals surface area (Å²) in [6, 6.07) is 13.9. The van der Waals surface area contributed by atoms with Crippen molar-refractivity contribution in [1.29, 1.82) is 0 Å². The van der Waals surface area contributed by atoms with Gasteiger partial charge < -0.3 is 14.5 Å². The third-order valence-corrected chi connectivity index (χ3v) is 3.55. The molecule has 1 amide bonds. The highest BCUT2D eigenvalue weighted by atomic mass is 16.5. The summed E-state index contributed by atoms with van der Waals surface area (Å²) in [7, 11) is 1.57. The molecule has 116 valence electrons. The zero-order chi connectivity index (χ0) is 16.4. The van der Waals surface area contributed by atoms with Gasteiger partial charge in [0.05, 0.1) is 7.11 Å². The van der Waals surface area contributed by atoms with Crippen LogP contribution in [0.2, 0.25) is 0 Å². The monoisotopic (exact) mass is 309 g/mol. The molecule has 0 bridgehead atoms. The van der Waals surface area contributed by atoms with Crippen LogP contribution in [0.4, 0.5) is 5.69 Å². The fraction of sp³-hybridized carbons (Fsp3) is 0.111. The summed E-state index contributed by atoms with van der Waals surface area (Å²) in [5, 5.41) is 3.39. The summed E-state index contributed by atoms with van der Waals surface area (Å²) >= 11 is 0. The molecule has 1 N–H and O–H groups in total. The largest absolute Gasteiger partial charge is 0.497 e. The molecule has 5 nitrogen and oxygen atoms in total. The molecule has 5 heteroatoms. The van der Waals surface area contributed by atoms with Gasteiger partial charge in [-0.2, -0.15) is 0 Å². The van der Waals surface area contributed by atoms with Crippen molar-refractivity contribution >= 4 is 22.6 Å². The average Bonchev–Trinajstić information content (AvgIpc) is 2.56. The SMILES string of the molecule is COc1ccc(NC(=O)c2cc3cccc(C)c3oc2=O)cc1. The molecule has 0 aliphatic rings. The van der Waals surface area contributed by atoms with E-state index in [-0.39, 0.29) is 5.56 Å². The summed E-state index contributed by atoms with van der Waals surface area (Å²) in [4.78, 5) is 24.4. The van der Waals surface area contributed by atoms with E-state index in [0.29, 0.717) is 22.4 Å². The first-order valence-corrected chi connectivity index (χ1v) is 7.07. The second-order valence-electron chi connectivity index (χ2n) is 5.12. The first kappa shape index (κ1) is 14.8. The zero-order valence-corrected chi connectivity index (χ0v) is 12.8. The number of carbonyl (C=O) groups is 1. The number of benzene rings is 2. The number of fused-ring (bicyclic) bond motifs is 1. The molecule has 3 aromatic rings. The second-order valence-corrected chi connectivity index (χ2v) is 5.12. The molecular formula is C18H15NO4. The number of methoxy groups -OCH3 is 1. The lowest BCUT2D eigenvalue weighted by Gasteiger charge is -2.07. The quantitative estimate of drug-likeness (QED) is 0.753. The van der Waals surface area contributed by atoms with Gasteiger partial charge in [-0.15, -0.1) is 0 Å². The van der Waals surface area contributed by atoms with Crippen LogP contribution >= 0.6 is 0 Å². The van der Waals surface area contributed by atoms with Gasteiger partial charge in [-0.3, -0.25) is 4.79 Å². The first-order chi connectivity index (χ1) is 11.1. The van der Waals surface area contributed by atoms with Crippen LogP contribution in [0.15, 0.2) is 57.7 Å². The standard InChI is InChI=1S/C18H15NO4/c1-11-4-3-5-12-10-15(18(21)23-16(11)12)17(20)19-13-6-8-14(22-2)9-7-13/h3-10H,1-2H3,(H,19,20). The number of carbonyl (C=O) groups excluding carboxylic acids is 1. The number of amides is 1. The van der Waals surface area contributed by atoms with Crippen molar-refractivity contribution in [2.45, 2.75) is 6.92 Å². The minimum atomic E-state index is -0.655. The highest BCUT2D eigenvalue weighted by Gasteiger charge is 2.14. The van der Waals surface area contributed by atoms with Gasteiger partial charge in [-0.25, -0.2) is 4.79 Å². The maximum absolute atomic E-state index is 12.3. The molecule has 3 rings (SSSR count). The topological polar surface area (TPSA) is 68.5 Å². The van der Waals surface area contributed by atoms with E-state index in [1.54, 1.807) is 43.5 Å². The highest BCUT2D eigenvalue weighted by Crippen LogP contribution is 2.19. The van der Waals surface area contributed by atoms with Crippen molar-refractivity contribution in [2.24, 2.45) is 0 Å². The van der Waals surface area contributed by atoms with E-state index < -0.39 is 11.5 Å². The average molecular weight is 309 g/mol.